The van der Waals surface area contributed by atoms with Gasteiger partial charge in [0.15, 0.2) is 0 Å². The van der Waals surface area contributed by atoms with Gasteiger partial charge in [-0.25, -0.2) is 0 Å². The van der Waals surface area contributed by atoms with Gasteiger partial charge in [-0.2, -0.15) is 0 Å². The fourth-order valence-corrected chi connectivity index (χ4v) is 2.68. The minimum Gasteiger partial charge on any atom is -0.508 e. The maximum Gasteiger partial charge on any atom is 0.148 e. The normalized spacial score (nSPS) is 13.8. The number of aliphatic hydroxyl groups excluding tert-OH is 1. The van der Waals surface area contributed by atoms with Crippen LogP contribution in [0.5, 0.6) is 5.75 Å². The number of phenols is 1. The Morgan fingerprint density at radius 3 is 2.80 bits per heavy atom. The third-order valence-electron chi connectivity index (χ3n) is 2.82. The highest BCUT2D eigenvalue weighted by atomic mass is 32.2. The van der Waals surface area contributed by atoms with E-state index in [1.54, 1.807) is 25.2 Å². The molecule has 0 spiro atoms. The number of likely N-dealkylation sites (N-methyl/N-ethyl adjacent to an activating group) is 1. The highest BCUT2D eigenvalue weighted by molar-refractivity contribution is 8.00. The van der Waals surface area contributed by atoms with E-state index >= 15 is 0 Å². The van der Waals surface area contributed by atoms with Crippen LogP contribution in [0.1, 0.15) is 13.3 Å². The summed E-state index contributed by atoms with van der Waals surface area (Å²) in [4.78, 5) is 11.7. The number of thioether (sulfide) groups is 1. The zero-order chi connectivity index (χ0) is 15.0. The first-order valence-corrected chi connectivity index (χ1v) is 7.42. The van der Waals surface area contributed by atoms with Crippen LogP contribution < -0.4 is 10.6 Å². The van der Waals surface area contributed by atoms with E-state index in [-0.39, 0.29) is 18.1 Å². The average molecular weight is 298 g/mol. The van der Waals surface area contributed by atoms with Gasteiger partial charge in [-0.05, 0) is 26.1 Å². The third kappa shape index (κ3) is 5.81. The molecule has 0 radical (unpaired) electrons. The molecule has 0 saturated carbocycles. The van der Waals surface area contributed by atoms with Gasteiger partial charge in [0.1, 0.15) is 11.5 Å². The largest absolute Gasteiger partial charge is 0.508 e. The quantitative estimate of drug-likeness (QED) is 0.516. The van der Waals surface area contributed by atoms with E-state index in [1.165, 1.54) is 11.8 Å². The predicted molar refractivity (Wildman–Crippen MR) is 83.2 cm³/mol. The number of phenolic OH excluding ortho intramolecular Hbond substituents is 1. The molecule has 4 N–H and O–H groups in total. The number of carbonyl (C=O) groups excluding carboxylic acids is 1. The van der Waals surface area contributed by atoms with Crippen LogP contribution in [0, 0.1) is 0 Å². The number of anilines is 1. The van der Waals surface area contributed by atoms with Crippen LogP contribution in [0.15, 0.2) is 24.3 Å². The topological polar surface area (TPSA) is 81.6 Å². The average Bonchev–Trinajstić information content (AvgIpc) is 2.39. The molecule has 1 atom stereocenters. The Bertz CT molecular complexity index is 442. The summed E-state index contributed by atoms with van der Waals surface area (Å²) in [6.45, 7) is 2.13. The van der Waals surface area contributed by atoms with Crippen molar-refractivity contribution in [2.24, 2.45) is 0 Å². The Kier molecular flexibility index (Phi) is 6.84. The molecule has 20 heavy (non-hydrogen) atoms. The van der Waals surface area contributed by atoms with Crippen LogP contribution >= 0.6 is 11.8 Å². The first-order valence-electron chi connectivity index (χ1n) is 6.43. The molecule has 1 aromatic rings. The molecule has 0 amide bonds. The van der Waals surface area contributed by atoms with Gasteiger partial charge in [0, 0.05) is 22.9 Å². The molecule has 0 saturated heterocycles. The summed E-state index contributed by atoms with van der Waals surface area (Å²) < 4.78 is -0.502. The Balaban J connectivity index is 2.46. The number of nitrogens with one attached hydrogen (secondary N) is 2. The number of aliphatic hydroxyl groups is 1. The summed E-state index contributed by atoms with van der Waals surface area (Å²) in [5, 5.41) is 24.8. The first-order chi connectivity index (χ1) is 9.49. The second-order valence-corrected chi connectivity index (χ2v) is 6.43. The van der Waals surface area contributed by atoms with E-state index in [4.69, 9.17) is 0 Å². The van der Waals surface area contributed by atoms with E-state index in [2.05, 4.69) is 10.6 Å². The van der Waals surface area contributed by atoms with Crippen molar-refractivity contribution in [2.75, 3.05) is 31.4 Å². The van der Waals surface area contributed by atoms with Crippen molar-refractivity contribution >= 4 is 23.2 Å². The van der Waals surface area contributed by atoms with Crippen LogP contribution in [0.3, 0.4) is 0 Å². The lowest BCUT2D eigenvalue weighted by Gasteiger charge is -2.26. The molecule has 1 aromatic carbocycles. The second-order valence-electron chi connectivity index (χ2n) is 4.87. The molecule has 0 aliphatic heterocycles. The maximum atomic E-state index is 11.7. The number of ketones is 1. The second kappa shape index (κ2) is 8.14. The highest BCUT2D eigenvalue weighted by Gasteiger charge is 2.26. The molecular weight excluding hydrogens is 276 g/mol. The number of aromatic hydroxyl groups is 1. The molecule has 6 heteroatoms. The number of rotatable bonds is 9. The van der Waals surface area contributed by atoms with E-state index in [0.29, 0.717) is 18.8 Å². The smallest absolute Gasteiger partial charge is 0.148 e. The number of hydrogen-bond acceptors (Lipinski definition) is 6. The molecular formula is C14H22N2O3S. The minimum atomic E-state index is -0.502. The van der Waals surface area contributed by atoms with Crippen molar-refractivity contribution in [3.8, 4) is 5.75 Å². The van der Waals surface area contributed by atoms with Crippen molar-refractivity contribution < 1.29 is 15.0 Å². The predicted octanol–water partition coefficient (Wildman–Crippen LogP) is 1.42. The molecule has 112 valence electrons. The van der Waals surface area contributed by atoms with Crippen molar-refractivity contribution in [1.82, 2.24) is 5.32 Å². The van der Waals surface area contributed by atoms with E-state index in [9.17, 15) is 15.0 Å². The summed E-state index contributed by atoms with van der Waals surface area (Å²) in [7, 11) is 1.73. The lowest BCUT2D eigenvalue weighted by molar-refractivity contribution is -0.118. The molecule has 0 heterocycles. The number of carbonyl (C=O) groups is 1. The Morgan fingerprint density at radius 1 is 1.45 bits per heavy atom. The third-order valence-corrected chi connectivity index (χ3v) is 4.08. The molecule has 1 rings (SSSR count). The van der Waals surface area contributed by atoms with Gasteiger partial charge in [0.05, 0.1) is 19.0 Å². The van der Waals surface area contributed by atoms with Crippen LogP contribution in [0.2, 0.25) is 0 Å². The van der Waals surface area contributed by atoms with Gasteiger partial charge in [0.2, 0.25) is 0 Å². The number of benzene rings is 1. The van der Waals surface area contributed by atoms with Gasteiger partial charge in [-0.1, -0.05) is 6.07 Å². The van der Waals surface area contributed by atoms with Crippen LogP contribution in [-0.4, -0.2) is 46.8 Å². The Morgan fingerprint density at radius 2 is 2.20 bits per heavy atom. The standard InChI is InChI=1S/C14H22N2O3S/c1-14(9-17,7-13(19)8-15-2)20-10-16-11-4-3-5-12(18)6-11/h3-6,15-18H,7-10H2,1-2H3. The fourth-order valence-electron chi connectivity index (χ4n) is 1.74. The van der Waals surface area contributed by atoms with Gasteiger partial charge in [0.25, 0.3) is 0 Å². The summed E-state index contributed by atoms with van der Waals surface area (Å²) in [6.07, 6.45) is 0.316. The molecule has 0 aromatic heterocycles. The van der Waals surface area contributed by atoms with E-state index in [1.807, 2.05) is 13.0 Å². The molecule has 5 nitrogen and oxygen atoms in total. The zero-order valence-corrected chi connectivity index (χ0v) is 12.7. The summed E-state index contributed by atoms with van der Waals surface area (Å²) in [6, 6.07) is 6.84. The Hall–Kier alpha value is -1.24. The number of Topliss-reactive ketones (excluding diaryl/α,β-unsaturated/α-hetero) is 1. The zero-order valence-electron chi connectivity index (χ0n) is 11.8. The van der Waals surface area contributed by atoms with E-state index in [0.717, 1.165) is 5.69 Å². The van der Waals surface area contributed by atoms with Gasteiger partial charge < -0.3 is 20.8 Å². The van der Waals surface area contributed by atoms with Crippen molar-refractivity contribution in [2.45, 2.75) is 18.1 Å². The van der Waals surface area contributed by atoms with Crippen LogP contribution in [0.25, 0.3) is 0 Å². The van der Waals surface area contributed by atoms with Crippen LogP contribution in [0.4, 0.5) is 5.69 Å². The monoisotopic (exact) mass is 298 g/mol. The lowest BCUT2D eigenvalue weighted by Crippen LogP contribution is -2.33. The van der Waals surface area contributed by atoms with Gasteiger partial charge in [-0.15, -0.1) is 11.8 Å². The Labute approximate surface area is 123 Å². The summed E-state index contributed by atoms with van der Waals surface area (Å²) in [5.41, 5.74) is 0.805. The highest BCUT2D eigenvalue weighted by Crippen LogP contribution is 2.29. The fraction of sp³-hybridized carbons (Fsp3) is 0.500. The maximum absolute atomic E-state index is 11.7. The van der Waals surface area contributed by atoms with Crippen molar-refractivity contribution in [1.29, 1.82) is 0 Å². The summed E-state index contributed by atoms with van der Waals surface area (Å²) >= 11 is 1.49. The molecule has 0 bridgehead atoms. The van der Waals surface area contributed by atoms with Gasteiger partial charge >= 0.3 is 0 Å². The molecule has 0 aliphatic rings. The van der Waals surface area contributed by atoms with Gasteiger partial charge in [-0.3, -0.25) is 4.79 Å². The SMILES string of the molecule is CNCC(=O)CC(C)(CO)SCNc1cccc(O)c1. The molecule has 1 unspecified atom stereocenters. The molecule has 0 aliphatic carbocycles. The number of hydrogen-bond donors (Lipinski definition) is 4. The van der Waals surface area contributed by atoms with E-state index < -0.39 is 4.75 Å². The first kappa shape index (κ1) is 16.8. The summed E-state index contributed by atoms with van der Waals surface area (Å²) in [5.74, 6) is 0.830. The molecule has 0 fully saturated rings. The van der Waals surface area contributed by atoms with Crippen molar-refractivity contribution in [3.63, 3.8) is 0 Å². The van der Waals surface area contributed by atoms with Crippen molar-refractivity contribution in [3.05, 3.63) is 24.3 Å². The van der Waals surface area contributed by atoms with Crippen LogP contribution in [-0.2, 0) is 4.79 Å². The lowest BCUT2D eigenvalue weighted by atomic mass is 10.1. The minimum absolute atomic E-state index is 0.0607.